The number of nitrogens with zero attached hydrogens (tertiary/aromatic N) is 4. The van der Waals surface area contributed by atoms with Crippen LogP contribution in [0.15, 0.2) is 27.4 Å². The number of nitrogen functional groups attached to an aromatic ring is 1. The quantitative estimate of drug-likeness (QED) is 0.502. The van der Waals surface area contributed by atoms with Crippen LogP contribution in [0.3, 0.4) is 0 Å². The third-order valence-corrected chi connectivity index (χ3v) is 3.31. The number of hydrogen-bond acceptors (Lipinski definition) is 7. The average Bonchev–Trinajstić information content (AvgIpc) is 2.86. The highest BCUT2D eigenvalue weighted by atomic mass is 32.1. The fourth-order valence-corrected chi connectivity index (χ4v) is 2.05. The molecule has 0 amide bonds. The molecule has 0 fully saturated rings. The second-order valence-electron chi connectivity index (χ2n) is 5.18. The minimum absolute atomic E-state index is 0.0933. The Labute approximate surface area is 120 Å². The molecule has 0 aliphatic carbocycles. The first-order valence-electron chi connectivity index (χ1n) is 5.97. The first-order valence-corrected chi connectivity index (χ1v) is 6.85. The van der Waals surface area contributed by atoms with Gasteiger partial charge < -0.3 is 5.84 Å². The minimum Gasteiger partial charge on any atom is -0.333 e. The lowest BCUT2D eigenvalue weighted by Gasteiger charge is -2.16. The molecule has 2 rings (SSSR count). The minimum atomic E-state index is -0.413. The highest BCUT2D eigenvalue weighted by Gasteiger charge is 2.22. The molecule has 0 spiro atoms. The van der Waals surface area contributed by atoms with Crippen molar-refractivity contribution in [2.75, 3.05) is 11.3 Å². The molecule has 0 aromatic carbocycles. The van der Waals surface area contributed by atoms with Crippen LogP contribution in [0.2, 0.25) is 0 Å². The van der Waals surface area contributed by atoms with Gasteiger partial charge in [0.1, 0.15) is 5.69 Å². The number of anilines is 1. The second kappa shape index (κ2) is 5.41. The van der Waals surface area contributed by atoms with Crippen LogP contribution in [-0.4, -0.2) is 21.1 Å². The van der Waals surface area contributed by atoms with Crippen molar-refractivity contribution in [3.05, 3.63) is 38.4 Å². The molecule has 0 unspecified atom stereocenters. The van der Waals surface area contributed by atoms with Gasteiger partial charge in [-0.15, -0.1) is 21.5 Å². The first kappa shape index (κ1) is 14.2. The summed E-state index contributed by atoms with van der Waals surface area (Å²) in [4.78, 5) is 13.0. The van der Waals surface area contributed by atoms with Crippen LogP contribution in [0, 0.1) is 0 Å². The summed E-state index contributed by atoms with van der Waals surface area (Å²) in [6.45, 7) is 5.63. The molecule has 3 N–H and O–H groups in total. The number of aromatic nitrogens is 3. The van der Waals surface area contributed by atoms with Gasteiger partial charge in [-0.2, -0.15) is 9.78 Å². The molecule has 0 saturated carbocycles. The van der Waals surface area contributed by atoms with E-state index in [1.807, 2.05) is 38.3 Å². The molecule has 0 aliphatic rings. The molecule has 20 heavy (non-hydrogen) atoms. The summed E-state index contributed by atoms with van der Waals surface area (Å²) < 4.78 is 0.916. The molecular weight excluding hydrogens is 276 g/mol. The molecule has 0 radical (unpaired) electrons. The highest BCUT2D eigenvalue weighted by Crippen LogP contribution is 2.15. The smallest absolute Gasteiger partial charge is 0.295 e. The Morgan fingerprint density at radius 1 is 1.45 bits per heavy atom. The van der Waals surface area contributed by atoms with E-state index in [4.69, 9.17) is 5.84 Å². The summed E-state index contributed by atoms with van der Waals surface area (Å²) in [5.74, 6) is 5.80. The molecule has 0 atom stereocenters. The Kier molecular flexibility index (Phi) is 3.84. The second-order valence-corrected chi connectivity index (χ2v) is 6.16. The van der Waals surface area contributed by atoms with Crippen LogP contribution in [0.4, 0.5) is 5.95 Å². The number of rotatable bonds is 3. The summed E-state index contributed by atoms with van der Waals surface area (Å²) >= 11 is 1.55. The van der Waals surface area contributed by atoms with Gasteiger partial charge in [0.25, 0.3) is 11.5 Å². The number of nitrogens with one attached hydrogen (secondary N) is 1. The zero-order chi connectivity index (χ0) is 14.8. The van der Waals surface area contributed by atoms with Crippen molar-refractivity contribution in [3.8, 4) is 0 Å². The summed E-state index contributed by atoms with van der Waals surface area (Å²) in [5.41, 5.74) is 2.12. The normalized spacial score (nSPS) is 11.9. The standard InChI is InChI=1S/C12H16N6OS/c1-12(2,3)9-10(19)18(13)11(17-15-9)16-14-7-8-5-4-6-20-8/h4-7H,13H2,1-3H3,(H,16,17)/b14-7-. The largest absolute Gasteiger partial charge is 0.333 e. The maximum atomic E-state index is 12.1. The average molecular weight is 292 g/mol. The molecule has 0 aliphatic heterocycles. The third-order valence-electron chi connectivity index (χ3n) is 2.50. The van der Waals surface area contributed by atoms with E-state index in [1.165, 1.54) is 0 Å². The van der Waals surface area contributed by atoms with Crippen molar-refractivity contribution in [1.29, 1.82) is 0 Å². The van der Waals surface area contributed by atoms with Gasteiger partial charge in [0, 0.05) is 10.3 Å². The van der Waals surface area contributed by atoms with Crippen molar-refractivity contribution >= 4 is 23.5 Å². The summed E-state index contributed by atoms with van der Waals surface area (Å²) in [6.07, 6.45) is 1.62. The Morgan fingerprint density at radius 2 is 2.20 bits per heavy atom. The van der Waals surface area contributed by atoms with Crippen LogP contribution >= 0.6 is 11.3 Å². The van der Waals surface area contributed by atoms with E-state index in [9.17, 15) is 4.79 Å². The van der Waals surface area contributed by atoms with Crippen molar-refractivity contribution in [2.24, 2.45) is 5.10 Å². The first-order chi connectivity index (χ1) is 9.39. The fourth-order valence-electron chi connectivity index (χ4n) is 1.46. The zero-order valence-corrected chi connectivity index (χ0v) is 12.3. The van der Waals surface area contributed by atoms with Crippen LogP contribution in [-0.2, 0) is 5.41 Å². The van der Waals surface area contributed by atoms with Gasteiger partial charge in [0.15, 0.2) is 0 Å². The van der Waals surface area contributed by atoms with E-state index in [-0.39, 0.29) is 11.5 Å². The SMILES string of the molecule is CC(C)(C)c1nnc(N/N=C\c2cccs2)n(N)c1=O. The van der Waals surface area contributed by atoms with E-state index >= 15 is 0 Å². The van der Waals surface area contributed by atoms with Crippen LogP contribution in [0.25, 0.3) is 0 Å². The van der Waals surface area contributed by atoms with E-state index in [0.29, 0.717) is 5.69 Å². The van der Waals surface area contributed by atoms with Crippen molar-refractivity contribution in [3.63, 3.8) is 0 Å². The van der Waals surface area contributed by atoms with Crippen molar-refractivity contribution < 1.29 is 0 Å². The molecule has 0 saturated heterocycles. The van der Waals surface area contributed by atoms with Gasteiger partial charge in [-0.1, -0.05) is 26.8 Å². The number of hydrogen-bond donors (Lipinski definition) is 2. The molecular formula is C12H16N6OS. The Morgan fingerprint density at radius 3 is 2.80 bits per heavy atom. The topological polar surface area (TPSA) is 98.2 Å². The predicted molar refractivity (Wildman–Crippen MR) is 80.7 cm³/mol. The predicted octanol–water partition coefficient (Wildman–Crippen LogP) is 1.16. The third kappa shape index (κ3) is 3.02. The maximum absolute atomic E-state index is 12.1. The van der Waals surface area contributed by atoms with E-state index in [2.05, 4.69) is 20.7 Å². The van der Waals surface area contributed by atoms with Gasteiger partial charge in [-0.3, -0.25) is 4.79 Å². The molecule has 106 valence electrons. The Bertz CT molecular complexity index is 668. The number of nitrogens with two attached hydrogens (primary N) is 1. The van der Waals surface area contributed by atoms with Crippen molar-refractivity contribution in [1.82, 2.24) is 14.9 Å². The van der Waals surface area contributed by atoms with E-state index in [0.717, 1.165) is 9.55 Å². The summed E-state index contributed by atoms with van der Waals surface area (Å²) in [5, 5.41) is 13.7. The summed E-state index contributed by atoms with van der Waals surface area (Å²) in [7, 11) is 0. The van der Waals surface area contributed by atoms with Crippen LogP contribution < -0.4 is 16.8 Å². The summed E-state index contributed by atoms with van der Waals surface area (Å²) in [6, 6.07) is 3.84. The van der Waals surface area contributed by atoms with Crippen LogP contribution in [0.1, 0.15) is 31.3 Å². The van der Waals surface area contributed by atoms with Gasteiger partial charge in [-0.05, 0) is 11.4 Å². The molecule has 2 heterocycles. The zero-order valence-electron chi connectivity index (χ0n) is 11.5. The van der Waals surface area contributed by atoms with Gasteiger partial charge in [-0.25, -0.2) is 5.43 Å². The molecule has 8 heteroatoms. The Balaban J connectivity index is 2.22. The van der Waals surface area contributed by atoms with Gasteiger partial charge in [0.05, 0.1) is 6.21 Å². The molecule has 2 aromatic heterocycles. The number of thiophene rings is 1. The molecule has 0 bridgehead atoms. The highest BCUT2D eigenvalue weighted by molar-refractivity contribution is 7.11. The lowest BCUT2D eigenvalue weighted by atomic mass is 9.93. The lowest BCUT2D eigenvalue weighted by Crippen LogP contribution is -2.38. The van der Waals surface area contributed by atoms with Crippen LogP contribution in [0.5, 0.6) is 0 Å². The molecule has 7 nitrogen and oxygen atoms in total. The van der Waals surface area contributed by atoms with E-state index < -0.39 is 5.41 Å². The van der Waals surface area contributed by atoms with Gasteiger partial charge in [0.2, 0.25) is 0 Å². The number of hydrazone groups is 1. The van der Waals surface area contributed by atoms with E-state index in [1.54, 1.807) is 17.6 Å². The fraction of sp³-hybridized carbons (Fsp3) is 0.333. The lowest BCUT2D eigenvalue weighted by molar-refractivity contribution is 0.538. The van der Waals surface area contributed by atoms with Crippen molar-refractivity contribution in [2.45, 2.75) is 26.2 Å². The maximum Gasteiger partial charge on any atom is 0.295 e. The molecule has 2 aromatic rings. The monoisotopic (exact) mass is 292 g/mol. The van der Waals surface area contributed by atoms with Gasteiger partial charge >= 0.3 is 0 Å². The Hall–Kier alpha value is -2.22.